The lowest BCUT2D eigenvalue weighted by molar-refractivity contribution is 0.946. The van der Waals surface area contributed by atoms with Crippen LogP contribution in [0.2, 0.25) is 0 Å². The van der Waals surface area contributed by atoms with Gasteiger partial charge in [0.05, 0.1) is 11.4 Å². The molecule has 118 valence electrons. The molecule has 0 unspecified atom stereocenters. The van der Waals surface area contributed by atoms with Gasteiger partial charge in [-0.3, -0.25) is 4.98 Å². The molecule has 0 bridgehead atoms. The van der Waals surface area contributed by atoms with Crippen molar-refractivity contribution in [3.8, 4) is 11.4 Å². The molecule has 0 radical (unpaired) electrons. The predicted molar refractivity (Wildman–Crippen MR) is 93.5 cm³/mol. The van der Waals surface area contributed by atoms with Crippen LogP contribution in [-0.4, -0.2) is 15.2 Å². The van der Waals surface area contributed by atoms with Crippen LogP contribution in [0.1, 0.15) is 58.4 Å². The van der Waals surface area contributed by atoms with Gasteiger partial charge in [0, 0.05) is 6.20 Å². The molecule has 0 spiro atoms. The van der Waals surface area contributed by atoms with Crippen molar-refractivity contribution in [3.05, 3.63) is 41.2 Å². The third-order valence-corrected chi connectivity index (χ3v) is 2.67. The molecule has 3 heteroatoms. The quantitative estimate of drug-likeness (QED) is 0.691. The van der Waals surface area contributed by atoms with Gasteiger partial charge in [-0.05, 0) is 44.0 Å². The zero-order valence-corrected chi connectivity index (χ0v) is 15.2. The second-order valence-electron chi connectivity index (χ2n) is 3.60. The van der Waals surface area contributed by atoms with Gasteiger partial charge in [-0.25, -0.2) is 0 Å². The third kappa shape index (κ3) is 6.48. The van der Waals surface area contributed by atoms with Crippen molar-refractivity contribution >= 4 is 0 Å². The maximum atomic E-state index is 4.28. The Morgan fingerprint density at radius 2 is 1.29 bits per heavy atom. The van der Waals surface area contributed by atoms with Crippen LogP contribution in [0, 0.1) is 20.8 Å². The molecule has 2 heterocycles. The number of aryl methyl sites for hydroxylation is 1. The molecular weight excluding hydrogens is 258 g/mol. The normalized spacial score (nSPS) is 8.24. The maximum Gasteiger partial charge on any atom is 0.114 e. The molecule has 0 aliphatic heterocycles. The van der Waals surface area contributed by atoms with E-state index in [2.05, 4.69) is 29.0 Å². The van der Waals surface area contributed by atoms with Crippen molar-refractivity contribution in [1.82, 2.24) is 15.2 Å². The molecule has 0 aliphatic rings. The molecule has 0 amide bonds. The average molecular weight is 289 g/mol. The summed E-state index contributed by atoms with van der Waals surface area (Å²) in [6.45, 7) is 18.1. The van der Waals surface area contributed by atoms with Crippen molar-refractivity contribution in [2.75, 3.05) is 0 Å². The van der Waals surface area contributed by atoms with E-state index in [1.54, 1.807) is 6.20 Å². The molecule has 0 aliphatic carbocycles. The van der Waals surface area contributed by atoms with Gasteiger partial charge < -0.3 is 0 Å². The van der Waals surface area contributed by atoms with Gasteiger partial charge in [0.1, 0.15) is 5.69 Å². The van der Waals surface area contributed by atoms with Crippen molar-refractivity contribution in [2.24, 2.45) is 0 Å². The second-order valence-corrected chi connectivity index (χ2v) is 3.60. The number of rotatable bonds is 1. The van der Waals surface area contributed by atoms with Crippen molar-refractivity contribution in [3.63, 3.8) is 0 Å². The highest BCUT2D eigenvalue weighted by atomic mass is 15.1. The van der Waals surface area contributed by atoms with Crippen LogP contribution >= 0.6 is 0 Å². The van der Waals surface area contributed by atoms with E-state index >= 15 is 0 Å². The summed E-state index contributed by atoms with van der Waals surface area (Å²) >= 11 is 0. The van der Waals surface area contributed by atoms with E-state index < -0.39 is 0 Å². The summed E-state index contributed by atoms with van der Waals surface area (Å²) in [5, 5.41) is 8.32. The van der Waals surface area contributed by atoms with E-state index in [0.717, 1.165) is 22.6 Å². The minimum Gasteiger partial charge on any atom is -0.255 e. The first-order valence-electron chi connectivity index (χ1n) is 7.92. The van der Waals surface area contributed by atoms with Crippen LogP contribution in [-0.2, 0) is 0 Å². The number of nitrogens with zero attached hydrogens (tertiary/aromatic N) is 3. The van der Waals surface area contributed by atoms with E-state index in [0.29, 0.717) is 0 Å². The minimum atomic E-state index is 0.874. The van der Waals surface area contributed by atoms with Crippen molar-refractivity contribution in [1.29, 1.82) is 0 Å². The molecule has 2 aromatic rings. The third-order valence-electron chi connectivity index (χ3n) is 2.67. The first-order chi connectivity index (χ1) is 10.2. The van der Waals surface area contributed by atoms with Crippen LogP contribution in [0.3, 0.4) is 0 Å². The van der Waals surface area contributed by atoms with Gasteiger partial charge in [0.25, 0.3) is 0 Å². The van der Waals surface area contributed by atoms with E-state index in [4.69, 9.17) is 0 Å². The molecule has 0 saturated carbocycles. The Morgan fingerprint density at radius 3 is 1.76 bits per heavy atom. The van der Waals surface area contributed by atoms with Crippen LogP contribution in [0.25, 0.3) is 11.4 Å². The number of pyridine rings is 1. The minimum absolute atomic E-state index is 0.874. The van der Waals surface area contributed by atoms with Crippen molar-refractivity contribution < 1.29 is 0 Å². The molecule has 0 saturated heterocycles. The number of aromatic nitrogens is 3. The highest BCUT2D eigenvalue weighted by Gasteiger charge is 2.09. The van der Waals surface area contributed by atoms with E-state index in [1.807, 2.05) is 66.7 Å². The standard InChI is InChI=1S/C12H13N3.3C2H6/c1-8-9(2)12(15-14-10(8)3)11-6-4-5-7-13-11;3*1-2/h4-7H,1-3H3;3*1-2H3. The summed E-state index contributed by atoms with van der Waals surface area (Å²) in [5.74, 6) is 0. The maximum absolute atomic E-state index is 4.28. The highest BCUT2D eigenvalue weighted by molar-refractivity contribution is 5.59. The first kappa shape index (κ1) is 21.5. The number of hydrogen-bond donors (Lipinski definition) is 0. The van der Waals surface area contributed by atoms with Gasteiger partial charge in [-0.1, -0.05) is 47.6 Å². The van der Waals surface area contributed by atoms with E-state index in [9.17, 15) is 0 Å². The molecule has 21 heavy (non-hydrogen) atoms. The molecular formula is C18H31N3. The summed E-state index contributed by atoms with van der Waals surface area (Å²) in [4.78, 5) is 4.28. The Kier molecular flexibility index (Phi) is 13.6. The Balaban J connectivity index is 0. The summed E-state index contributed by atoms with van der Waals surface area (Å²) in [5.41, 5.74) is 5.07. The lowest BCUT2D eigenvalue weighted by Crippen LogP contribution is -1.99. The van der Waals surface area contributed by atoms with Crippen molar-refractivity contribution in [2.45, 2.75) is 62.3 Å². The van der Waals surface area contributed by atoms with Crippen LogP contribution in [0.15, 0.2) is 24.4 Å². The van der Waals surface area contributed by atoms with E-state index in [1.165, 1.54) is 5.56 Å². The first-order valence-corrected chi connectivity index (χ1v) is 7.92. The van der Waals surface area contributed by atoms with Gasteiger partial charge in [-0.15, -0.1) is 5.10 Å². The molecule has 0 N–H and O–H groups in total. The monoisotopic (exact) mass is 289 g/mol. The molecule has 2 aromatic heterocycles. The molecule has 3 nitrogen and oxygen atoms in total. The summed E-state index contributed by atoms with van der Waals surface area (Å²) in [6, 6.07) is 5.80. The molecule has 2 rings (SSSR count). The SMILES string of the molecule is CC.CC.CC.Cc1nnc(-c2ccccn2)c(C)c1C. The zero-order chi connectivity index (χ0) is 16.8. The van der Waals surface area contributed by atoms with Gasteiger partial charge in [0.15, 0.2) is 0 Å². The average Bonchev–Trinajstić information content (AvgIpc) is 2.59. The molecule has 0 atom stereocenters. The fraction of sp³-hybridized carbons (Fsp3) is 0.500. The Labute approximate surface area is 130 Å². The molecule has 0 aromatic carbocycles. The van der Waals surface area contributed by atoms with Gasteiger partial charge >= 0.3 is 0 Å². The highest BCUT2D eigenvalue weighted by Crippen LogP contribution is 2.21. The fourth-order valence-corrected chi connectivity index (χ4v) is 1.47. The Bertz CT molecular complexity index is 479. The smallest absolute Gasteiger partial charge is 0.114 e. The largest absolute Gasteiger partial charge is 0.255 e. The van der Waals surface area contributed by atoms with E-state index in [-0.39, 0.29) is 0 Å². The Hall–Kier alpha value is -1.77. The fourth-order valence-electron chi connectivity index (χ4n) is 1.47. The lowest BCUT2D eigenvalue weighted by atomic mass is 10.1. The van der Waals surface area contributed by atoms with Crippen LogP contribution in [0.4, 0.5) is 0 Å². The van der Waals surface area contributed by atoms with Crippen LogP contribution in [0.5, 0.6) is 0 Å². The van der Waals surface area contributed by atoms with Gasteiger partial charge in [0.2, 0.25) is 0 Å². The van der Waals surface area contributed by atoms with Crippen LogP contribution < -0.4 is 0 Å². The van der Waals surface area contributed by atoms with Gasteiger partial charge in [-0.2, -0.15) is 5.10 Å². The lowest BCUT2D eigenvalue weighted by Gasteiger charge is -2.07. The summed E-state index contributed by atoms with van der Waals surface area (Å²) < 4.78 is 0. The predicted octanol–water partition coefficient (Wildman–Crippen LogP) is 5.54. The topological polar surface area (TPSA) is 38.7 Å². The summed E-state index contributed by atoms with van der Waals surface area (Å²) in [6.07, 6.45) is 1.77. The molecule has 0 fully saturated rings. The Morgan fingerprint density at radius 1 is 0.714 bits per heavy atom. The zero-order valence-electron chi connectivity index (χ0n) is 15.2. The summed E-state index contributed by atoms with van der Waals surface area (Å²) in [7, 11) is 0. The number of hydrogen-bond acceptors (Lipinski definition) is 3. The second kappa shape index (κ2) is 13.2.